The maximum Gasteiger partial charge on any atom is 0.300 e. The van der Waals surface area contributed by atoms with Gasteiger partial charge in [0.15, 0.2) is 11.5 Å². The molecule has 5 rings (SSSR count). The van der Waals surface area contributed by atoms with Crippen molar-refractivity contribution >= 4 is 27.5 Å². The third kappa shape index (κ3) is 5.29. The van der Waals surface area contributed by atoms with E-state index in [2.05, 4.69) is 4.90 Å². The van der Waals surface area contributed by atoms with Crippen LogP contribution in [0, 0.1) is 0 Å². The molecular weight excluding hydrogens is 520 g/mol. The van der Waals surface area contributed by atoms with Gasteiger partial charge in [0, 0.05) is 49.7 Å². The maximum absolute atomic E-state index is 13.6. The molecule has 2 aromatic heterocycles. The highest BCUT2D eigenvalue weighted by Crippen LogP contribution is 2.38. The van der Waals surface area contributed by atoms with E-state index in [0.29, 0.717) is 74.7 Å². The number of aryl methyl sites for hydroxylation is 2. The molecule has 0 atom stereocenters. The first kappa shape index (κ1) is 27.3. The van der Waals surface area contributed by atoms with Gasteiger partial charge in [0.05, 0.1) is 33.3 Å². The Morgan fingerprint density at radius 1 is 0.974 bits per heavy atom. The molecule has 0 saturated carbocycles. The van der Waals surface area contributed by atoms with Crippen LogP contribution in [0.2, 0.25) is 0 Å². The summed E-state index contributed by atoms with van der Waals surface area (Å²) < 4.78 is 23.7. The second kappa shape index (κ2) is 11.8. The van der Waals surface area contributed by atoms with Gasteiger partial charge in [0.1, 0.15) is 4.83 Å². The molecule has 11 heteroatoms. The fraction of sp³-hybridized carbons (Fsp3) is 0.536. The topological polar surface area (TPSA) is 95.4 Å². The number of ether oxygens (including phenoxy) is 4. The van der Waals surface area contributed by atoms with Crippen molar-refractivity contribution in [1.29, 1.82) is 0 Å². The number of fused-ring (bicyclic) bond motifs is 3. The Balaban J connectivity index is 1.27. The highest BCUT2D eigenvalue weighted by Gasteiger charge is 2.26. The Morgan fingerprint density at radius 2 is 1.67 bits per heavy atom. The number of methoxy groups -OCH3 is 3. The van der Waals surface area contributed by atoms with E-state index in [1.807, 2.05) is 11.8 Å². The lowest BCUT2D eigenvalue weighted by atomic mass is 9.97. The number of aromatic nitrogens is 2. The SMILES string of the molecule is CCOc1nc2sc3c(c2c(=O)n1CCN1CCN(C(=O)c2cc(OC)c(OC)c(OC)c2)CC1)CCCC3. The molecular formula is C28H36N4O6S. The van der Waals surface area contributed by atoms with E-state index in [1.54, 1.807) is 28.0 Å². The first-order chi connectivity index (χ1) is 19.0. The number of piperazine rings is 1. The Bertz CT molecular complexity index is 1380. The molecule has 39 heavy (non-hydrogen) atoms. The lowest BCUT2D eigenvalue weighted by molar-refractivity contribution is 0.0631. The van der Waals surface area contributed by atoms with Crippen molar-refractivity contribution < 1.29 is 23.7 Å². The molecule has 2 aliphatic rings. The van der Waals surface area contributed by atoms with Gasteiger partial charge in [-0.3, -0.25) is 19.1 Å². The molecule has 10 nitrogen and oxygen atoms in total. The smallest absolute Gasteiger partial charge is 0.300 e. The lowest BCUT2D eigenvalue weighted by Crippen LogP contribution is -2.49. The van der Waals surface area contributed by atoms with Gasteiger partial charge in [-0.25, -0.2) is 0 Å². The summed E-state index contributed by atoms with van der Waals surface area (Å²) in [5.41, 5.74) is 1.68. The van der Waals surface area contributed by atoms with E-state index in [9.17, 15) is 9.59 Å². The van der Waals surface area contributed by atoms with Crippen LogP contribution >= 0.6 is 11.3 Å². The summed E-state index contributed by atoms with van der Waals surface area (Å²) >= 11 is 1.64. The Kier molecular flexibility index (Phi) is 8.27. The molecule has 3 aromatic rings. The van der Waals surface area contributed by atoms with Gasteiger partial charge in [-0.2, -0.15) is 4.98 Å². The highest BCUT2D eigenvalue weighted by atomic mass is 32.1. The van der Waals surface area contributed by atoms with Crippen LogP contribution in [0.15, 0.2) is 16.9 Å². The standard InChI is InChI=1S/C28H36N4O6S/c1-5-38-28-29-25-23(19-8-6-7-9-22(19)39-25)27(34)32(28)15-12-30-10-13-31(14-11-30)26(33)18-16-20(35-2)24(37-4)21(17-18)36-3/h16-17H,5-15H2,1-4H3. The van der Waals surface area contributed by atoms with Gasteiger partial charge in [-0.05, 0) is 50.3 Å². The molecule has 1 aliphatic heterocycles. The molecule has 1 fully saturated rings. The van der Waals surface area contributed by atoms with Crippen molar-refractivity contribution in [2.24, 2.45) is 0 Å². The van der Waals surface area contributed by atoms with E-state index in [-0.39, 0.29) is 11.5 Å². The Morgan fingerprint density at radius 3 is 2.31 bits per heavy atom. The van der Waals surface area contributed by atoms with Gasteiger partial charge < -0.3 is 23.8 Å². The van der Waals surface area contributed by atoms with Gasteiger partial charge in [-0.1, -0.05) is 0 Å². The summed E-state index contributed by atoms with van der Waals surface area (Å²) in [7, 11) is 4.61. The van der Waals surface area contributed by atoms with Crippen LogP contribution in [0.4, 0.5) is 0 Å². The minimum atomic E-state index is -0.0827. The number of carbonyl (C=O) groups is 1. The zero-order chi connectivity index (χ0) is 27.5. The Labute approximate surface area is 232 Å². The number of amides is 1. The number of rotatable bonds is 9. The molecule has 1 amide bonds. The summed E-state index contributed by atoms with van der Waals surface area (Å²) in [4.78, 5) is 37.9. The molecule has 0 bridgehead atoms. The van der Waals surface area contributed by atoms with Crippen LogP contribution < -0.4 is 24.5 Å². The zero-order valence-corrected chi connectivity index (χ0v) is 23.9. The van der Waals surface area contributed by atoms with Crippen LogP contribution in [-0.2, 0) is 19.4 Å². The predicted octanol–water partition coefficient (Wildman–Crippen LogP) is 3.22. The van der Waals surface area contributed by atoms with E-state index in [1.165, 1.54) is 38.2 Å². The first-order valence-electron chi connectivity index (χ1n) is 13.5. The van der Waals surface area contributed by atoms with Crippen molar-refractivity contribution in [2.75, 3.05) is 60.7 Å². The normalized spacial score (nSPS) is 15.7. The van der Waals surface area contributed by atoms with Crippen LogP contribution in [0.25, 0.3) is 10.2 Å². The van der Waals surface area contributed by atoms with Crippen molar-refractivity contribution in [3.8, 4) is 23.3 Å². The molecule has 0 radical (unpaired) electrons. The van der Waals surface area contributed by atoms with Crippen LogP contribution in [0.3, 0.4) is 0 Å². The van der Waals surface area contributed by atoms with Crippen LogP contribution in [0.5, 0.6) is 23.3 Å². The minimum absolute atomic E-state index is 0.000867. The van der Waals surface area contributed by atoms with Gasteiger partial charge in [0.2, 0.25) is 5.75 Å². The fourth-order valence-electron chi connectivity index (χ4n) is 5.46. The minimum Gasteiger partial charge on any atom is -0.493 e. The third-order valence-corrected chi connectivity index (χ3v) is 8.71. The largest absolute Gasteiger partial charge is 0.493 e. The number of nitrogens with zero attached hydrogens (tertiary/aromatic N) is 4. The van der Waals surface area contributed by atoms with Crippen LogP contribution in [0.1, 0.15) is 40.6 Å². The average Bonchev–Trinajstić information content (AvgIpc) is 3.34. The predicted molar refractivity (Wildman–Crippen MR) is 150 cm³/mol. The van der Waals surface area contributed by atoms with Gasteiger partial charge in [-0.15, -0.1) is 11.3 Å². The average molecular weight is 557 g/mol. The molecule has 1 aromatic carbocycles. The Hall–Kier alpha value is -3.31. The highest BCUT2D eigenvalue weighted by molar-refractivity contribution is 7.18. The van der Waals surface area contributed by atoms with Gasteiger partial charge >= 0.3 is 6.01 Å². The monoisotopic (exact) mass is 556 g/mol. The summed E-state index contributed by atoms with van der Waals surface area (Å²) in [6, 6.07) is 3.76. The zero-order valence-electron chi connectivity index (χ0n) is 23.1. The number of carbonyl (C=O) groups excluding carboxylic acids is 1. The molecule has 0 spiro atoms. The lowest BCUT2D eigenvalue weighted by Gasteiger charge is -2.35. The summed E-state index contributed by atoms with van der Waals surface area (Å²) in [5.74, 6) is 1.28. The van der Waals surface area contributed by atoms with Gasteiger partial charge in [0.25, 0.3) is 11.5 Å². The first-order valence-corrected chi connectivity index (χ1v) is 14.3. The number of benzene rings is 1. The molecule has 0 unspecified atom stereocenters. The number of thiophene rings is 1. The molecule has 3 heterocycles. The number of hydrogen-bond donors (Lipinski definition) is 0. The second-order valence-corrected chi connectivity index (χ2v) is 10.8. The molecule has 1 saturated heterocycles. The van der Waals surface area contributed by atoms with E-state index in [0.717, 1.165) is 29.5 Å². The van der Waals surface area contributed by atoms with Crippen molar-refractivity contribution in [3.63, 3.8) is 0 Å². The van der Waals surface area contributed by atoms with E-state index < -0.39 is 0 Å². The summed E-state index contributed by atoms with van der Waals surface area (Å²) in [5, 5.41) is 0.777. The third-order valence-electron chi connectivity index (χ3n) is 7.52. The molecule has 210 valence electrons. The van der Waals surface area contributed by atoms with E-state index in [4.69, 9.17) is 23.9 Å². The van der Waals surface area contributed by atoms with Crippen molar-refractivity contribution in [2.45, 2.75) is 39.2 Å². The van der Waals surface area contributed by atoms with Crippen LogP contribution in [-0.4, -0.2) is 85.9 Å². The second-order valence-electron chi connectivity index (χ2n) is 9.72. The molecule has 1 aliphatic carbocycles. The quantitative estimate of drug-likeness (QED) is 0.397. The molecule has 0 N–H and O–H groups in total. The summed E-state index contributed by atoms with van der Waals surface area (Å²) in [6.07, 6.45) is 4.26. The fourth-order valence-corrected chi connectivity index (χ4v) is 6.70. The number of hydrogen-bond acceptors (Lipinski definition) is 9. The maximum atomic E-state index is 13.6. The van der Waals surface area contributed by atoms with Crippen molar-refractivity contribution in [3.05, 3.63) is 38.5 Å². The van der Waals surface area contributed by atoms with Crippen molar-refractivity contribution in [1.82, 2.24) is 19.4 Å². The summed E-state index contributed by atoms with van der Waals surface area (Å²) in [6.45, 7) is 6.09. The van der Waals surface area contributed by atoms with E-state index >= 15 is 0 Å².